The van der Waals surface area contributed by atoms with Gasteiger partial charge in [-0.25, -0.2) is 14.5 Å². The molecule has 12 heteroatoms. The summed E-state index contributed by atoms with van der Waals surface area (Å²) in [6.07, 6.45) is 8.35. The number of pyridine rings is 2. The van der Waals surface area contributed by atoms with Gasteiger partial charge in [-0.3, -0.25) is 13.8 Å². The summed E-state index contributed by atoms with van der Waals surface area (Å²) in [5.74, 6) is -0.142. The lowest BCUT2D eigenvalue weighted by molar-refractivity contribution is -0.113. The normalized spacial score (nSPS) is 13.0. The van der Waals surface area contributed by atoms with Crippen LogP contribution in [0.25, 0.3) is 33.3 Å². The molecule has 0 aliphatic heterocycles. The van der Waals surface area contributed by atoms with Gasteiger partial charge < -0.3 is 19.3 Å². The first-order chi connectivity index (χ1) is 19.6. The zero-order valence-electron chi connectivity index (χ0n) is 23.3. The number of anilines is 1. The highest BCUT2D eigenvalue weighted by molar-refractivity contribution is 7.47. The summed E-state index contributed by atoms with van der Waals surface area (Å²) in [5.41, 5.74) is 4.56. The fourth-order valence-corrected chi connectivity index (χ4v) is 4.82. The van der Waals surface area contributed by atoms with Crippen LogP contribution in [-0.4, -0.2) is 64.5 Å². The van der Waals surface area contributed by atoms with Gasteiger partial charge in [0.2, 0.25) is 5.91 Å². The quantitative estimate of drug-likeness (QED) is 0.197. The maximum atomic E-state index is 12.7. The smallest absolute Gasteiger partial charge is 0.312 e. The third kappa shape index (κ3) is 7.32. The molecule has 1 N–H and O–H groups in total. The van der Waals surface area contributed by atoms with Crippen molar-refractivity contribution in [1.29, 1.82) is 5.26 Å². The predicted octanol–water partition coefficient (Wildman–Crippen LogP) is 4.83. The largest absolute Gasteiger partial charge is 0.473 e. The summed E-state index contributed by atoms with van der Waals surface area (Å²) in [6, 6.07) is 15.0. The molecule has 41 heavy (non-hydrogen) atoms. The molecule has 11 nitrogen and oxygen atoms in total. The molecule has 0 saturated carbocycles. The first-order valence-electron chi connectivity index (χ1n) is 12.8. The topological polar surface area (TPSA) is 134 Å². The summed E-state index contributed by atoms with van der Waals surface area (Å²) >= 11 is 0. The molecule has 1 unspecified atom stereocenters. The highest BCUT2D eigenvalue weighted by Gasteiger charge is 2.22. The molecule has 0 bridgehead atoms. The summed E-state index contributed by atoms with van der Waals surface area (Å²) < 4.78 is 23.7. The lowest BCUT2D eigenvalue weighted by atomic mass is 10.0. The van der Waals surface area contributed by atoms with E-state index >= 15 is 0 Å². The van der Waals surface area contributed by atoms with Gasteiger partial charge in [0.15, 0.2) is 0 Å². The van der Waals surface area contributed by atoms with Crippen LogP contribution in [0.1, 0.15) is 12.6 Å². The van der Waals surface area contributed by atoms with Crippen molar-refractivity contribution in [3.05, 3.63) is 78.9 Å². The van der Waals surface area contributed by atoms with E-state index in [4.69, 9.17) is 9.05 Å². The van der Waals surface area contributed by atoms with Gasteiger partial charge in [-0.05, 0) is 62.5 Å². The minimum absolute atomic E-state index is 0.0211. The van der Waals surface area contributed by atoms with Crippen molar-refractivity contribution in [2.24, 2.45) is 0 Å². The highest BCUT2D eigenvalue weighted by Crippen LogP contribution is 2.44. The Morgan fingerprint density at radius 2 is 1.93 bits per heavy atom. The number of phosphoric ester groups is 1. The first-order valence-corrected chi connectivity index (χ1v) is 14.3. The van der Waals surface area contributed by atoms with Crippen molar-refractivity contribution in [1.82, 2.24) is 19.4 Å². The van der Waals surface area contributed by atoms with Crippen molar-refractivity contribution < 1.29 is 23.3 Å². The number of hydrogen-bond acceptors (Lipinski definition) is 8. The summed E-state index contributed by atoms with van der Waals surface area (Å²) in [6.45, 7) is 2.00. The third-order valence-electron chi connectivity index (χ3n) is 6.18. The van der Waals surface area contributed by atoms with Gasteiger partial charge >= 0.3 is 7.82 Å². The van der Waals surface area contributed by atoms with Crippen LogP contribution in [0.3, 0.4) is 0 Å². The fourth-order valence-electron chi connectivity index (χ4n) is 4.15. The van der Waals surface area contributed by atoms with Crippen LogP contribution in [-0.2, 0) is 25.1 Å². The number of fused-ring (bicyclic) bond motifs is 1. The number of hydrogen-bond donors (Lipinski definition) is 1. The summed E-state index contributed by atoms with van der Waals surface area (Å²) in [5, 5.41) is 10.1. The van der Waals surface area contributed by atoms with E-state index in [1.165, 1.54) is 0 Å². The second-order valence-electron chi connectivity index (χ2n) is 9.41. The Hall–Kier alpha value is -4.17. The highest BCUT2D eigenvalue weighted by atomic mass is 31.2. The number of likely N-dealkylation sites (N-methyl/N-ethyl adjacent to an activating group) is 2. The number of aromatic nitrogens is 3. The standard InChI is InChI=1S/C29H31N6O5P/c1-5-39-41(37,38)40-20-35-19-27(22-11-12-31-24(14-22)17-30)26-16-23(18-32-29(26)35)21-8-6-9-25(15-21)34(4)28(36)10-7-13-33(2)3/h6-12,14-16,18-19H,5,13,20H2,1-4H3,(H,37,38). The van der Waals surface area contributed by atoms with E-state index in [9.17, 15) is 19.5 Å². The van der Waals surface area contributed by atoms with E-state index in [1.54, 1.807) is 60.2 Å². The van der Waals surface area contributed by atoms with E-state index in [2.05, 4.69) is 9.97 Å². The van der Waals surface area contributed by atoms with Gasteiger partial charge in [0.25, 0.3) is 0 Å². The lowest BCUT2D eigenvalue weighted by Gasteiger charge is -2.17. The van der Waals surface area contributed by atoms with E-state index < -0.39 is 7.82 Å². The predicted molar refractivity (Wildman–Crippen MR) is 157 cm³/mol. The Balaban J connectivity index is 1.74. The van der Waals surface area contributed by atoms with Gasteiger partial charge in [0.05, 0.1) is 6.61 Å². The molecular formula is C29H31N6O5P. The van der Waals surface area contributed by atoms with Crippen LogP contribution in [0.4, 0.5) is 5.69 Å². The van der Waals surface area contributed by atoms with Crippen LogP contribution in [0.15, 0.2) is 73.2 Å². The number of carbonyl (C=O) groups excluding carboxylic acids is 1. The van der Waals surface area contributed by atoms with Crippen molar-refractivity contribution in [2.75, 3.05) is 39.2 Å². The molecule has 0 aliphatic carbocycles. The minimum atomic E-state index is -4.25. The van der Waals surface area contributed by atoms with Gasteiger partial charge in [0, 0.05) is 60.5 Å². The molecule has 212 valence electrons. The maximum absolute atomic E-state index is 12.7. The van der Waals surface area contributed by atoms with Crippen LogP contribution in [0.5, 0.6) is 0 Å². The molecule has 0 radical (unpaired) electrons. The number of carbonyl (C=O) groups is 1. The molecule has 3 aromatic heterocycles. The third-order valence-corrected chi connectivity index (χ3v) is 7.21. The second kappa shape index (κ2) is 13.0. The van der Waals surface area contributed by atoms with Gasteiger partial charge in [-0.1, -0.05) is 18.2 Å². The average molecular weight is 575 g/mol. The molecule has 4 aromatic rings. The van der Waals surface area contributed by atoms with E-state index in [0.717, 1.165) is 33.3 Å². The molecule has 1 aromatic carbocycles. The Morgan fingerprint density at radius 1 is 1.12 bits per heavy atom. The molecule has 0 spiro atoms. The molecule has 1 atom stereocenters. The zero-order valence-corrected chi connectivity index (χ0v) is 24.2. The number of nitrogens with zero attached hydrogens (tertiary/aromatic N) is 6. The van der Waals surface area contributed by atoms with E-state index in [-0.39, 0.29) is 24.9 Å². The average Bonchev–Trinajstić information content (AvgIpc) is 3.33. The molecule has 0 saturated heterocycles. The van der Waals surface area contributed by atoms with E-state index in [0.29, 0.717) is 12.2 Å². The van der Waals surface area contributed by atoms with E-state index in [1.807, 2.05) is 61.5 Å². The SMILES string of the molecule is CCOP(=O)(O)OCn1cc(-c2ccnc(C#N)c2)c2cc(-c3cccc(N(C)C(=O)C=CCN(C)C)c3)cnc21. The van der Waals surface area contributed by atoms with Crippen molar-refractivity contribution in [3.8, 4) is 28.3 Å². The second-order valence-corrected chi connectivity index (χ2v) is 10.9. The van der Waals surface area contributed by atoms with Crippen LogP contribution >= 0.6 is 7.82 Å². The monoisotopic (exact) mass is 574 g/mol. The van der Waals surface area contributed by atoms with Gasteiger partial charge in [-0.15, -0.1) is 0 Å². The first kappa shape index (κ1) is 29.8. The van der Waals surface area contributed by atoms with Crippen LogP contribution < -0.4 is 4.90 Å². The van der Waals surface area contributed by atoms with Gasteiger partial charge in [0.1, 0.15) is 24.1 Å². The summed E-state index contributed by atoms with van der Waals surface area (Å²) in [7, 11) is 1.34. The number of phosphoric acid groups is 1. The number of amides is 1. The molecular weight excluding hydrogens is 543 g/mol. The Kier molecular flexibility index (Phi) is 9.45. The van der Waals surface area contributed by atoms with Crippen molar-refractivity contribution in [3.63, 3.8) is 0 Å². The maximum Gasteiger partial charge on any atom is 0.473 e. The molecule has 4 rings (SSSR count). The lowest BCUT2D eigenvalue weighted by Crippen LogP contribution is -2.24. The van der Waals surface area contributed by atoms with Gasteiger partial charge in [-0.2, -0.15) is 5.26 Å². The number of benzene rings is 1. The van der Waals surface area contributed by atoms with Crippen LogP contribution in [0, 0.1) is 11.3 Å². The van der Waals surface area contributed by atoms with Crippen molar-refractivity contribution >= 4 is 30.5 Å². The molecule has 3 heterocycles. The Labute approximate surface area is 238 Å². The molecule has 0 fully saturated rings. The molecule has 1 amide bonds. The van der Waals surface area contributed by atoms with Crippen molar-refractivity contribution in [2.45, 2.75) is 13.7 Å². The number of rotatable bonds is 11. The number of nitriles is 1. The van der Waals surface area contributed by atoms with Crippen LogP contribution in [0.2, 0.25) is 0 Å². The summed E-state index contributed by atoms with van der Waals surface area (Å²) in [4.78, 5) is 34.9. The Morgan fingerprint density at radius 3 is 2.66 bits per heavy atom. The zero-order chi connectivity index (χ0) is 29.6. The fraction of sp³-hybridized carbons (Fsp3) is 0.241. The molecule has 0 aliphatic rings. The minimum Gasteiger partial charge on any atom is -0.312 e. The Bertz CT molecular complexity index is 1680.